The highest BCUT2D eigenvalue weighted by Gasteiger charge is 2.52. The highest BCUT2D eigenvalue weighted by molar-refractivity contribution is 7.23. The molecule has 0 unspecified atom stereocenters. The number of Topliss-reactive ketones (excluding diaryl/α,β-unsaturated/α-hetero) is 1. The van der Waals surface area contributed by atoms with E-state index in [0.717, 1.165) is 50.7 Å². The maximum Gasteiger partial charge on any atom is 0.232 e. The first kappa shape index (κ1) is 28.7. The summed E-state index contributed by atoms with van der Waals surface area (Å²) in [7, 11) is 0. The molecule has 0 radical (unpaired) electrons. The maximum atomic E-state index is 13.0. The van der Waals surface area contributed by atoms with Gasteiger partial charge in [0, 0.05) is 48.8 Å². The fourth-order valence-corrected chi connectivity index (χ4v) is 6.48. The molecule has 1 amide bonds. The molecule has 1 aliphatic carbocycles. The summed E-state index contributed by atoms with van der Waals surface area (Å²) in [5.41, 5.74) is 3.82. The van der Waals surface area contributed by atoms with Gasteiger partial charge in [0.2, 0.25) is 11.8 Å². The average Bonchev–Trinajstić information content (AvgIpc) is 3.29. The van der Waals surface area contributed by atoms with Gasteiger partial charge in [-0.15, -0.1) is 0 Å². The first-order valence-electron chi connectivity index (χ1n) is 15.0. The largest absolute Gasteiger partial charge is 0.476 e. The minimum Gasteiger partial charge on any atom is -0.476 e. The summed E-state index contributed by atoms with van der Waals surface area (Å²) in [5.74, 6) is 1.56. The molecule has 11 heteroatoms. The van der Waals surface area contributed by atoms with Crippen LogP contribution in [0, 0.1) is 5.41 Å². The number of hydrogen-bond acceptors (Lipinski definition) is 9. The van der Waals surface area contributed by atoms with Crippen molar-refractivity contribution in [3.8, 4) is 17.1 Å². The van der Waals surface area contributed by atoms with Crippen molar-refractivity contribution in [2.45, 2.75) is 51.9 Å². The molecule has 5 heterocycles. The maximum absolute atomic E-state index is 13.0. The summed E-state index contributed by atoms with van der Waals surface area (Å²) in [4.78, 5) is 38.9. The Morgan fingerprint density at radius 3 is 2.50 bits per heavy atom. The minimum absolute atomic E-state index is 0.0901. The zero-order valence-electron chi connectivity index (χ0n) is 25.2. The van der Waals surface area contributed by atoms with Crippen molar-refractivity contribution in [3.63, 3.8) is 0 Å². The van der Waals surface area contributed by atoms with Crippen LogP contribution in [0.25, 0.3) is 26.6 Å². The Bertz CT molecular complexity index is 1840. The molecule has 2 aliphatic rings. The lowest BCUT2D eigenvalue weighted by Crippen LogP contribution is -2.46. The smallest absolute Gasteiger partial charge is 0.232 e. The molecule has 1 aliphatic heterocycles. The van der Waals surface area contributed by atoms with Crippen LogP contribution in [0.2, 0.25) is 0 Å². The topological polar surface area (TPSA) is 112 Å². The number of ketones is 1. The summed E-state index contributed by atoms with van der Waals surface area (Å²) >= 11 is 1.50. The number of aromatic nitrogens is 4. The molecule has 4 aromatic heterocycles. The van der Waals surface area contributed by atoms with Crippen molar-refractivity contribution < 1.29 is 23.6 Å². The highest BCUT2D eigenvalue weighted by Crippen LogP contribution is 2.47. The van der Waals surface area contributed by atoms with Gasteiger partial charge in [0.1, 0.15) is 23.0 Å². The second-order valence-corrected chi connectivity index (χ2v) is 13.8. The summed E-state index contributed by atoms with van der Waals surface area (Å²) in [5, 5.41) is 4.07. The van der Waals surface area contributed by atoms with Crippen LogP contribution in [0.4, 0.5) is 0 Å². The van der Waals surface area contributed by atoms with Gasteiger partial charge in [-0.1, -0.05) is 61.5 Å². The minimum atomic E-state index is -0.428. The number of thiazole rings is 1. The van der Waals surface area contributed by atoms with Gasteiger partial charge in [-0.3, -0.25) is 14.0 Å². The van der Waals surface area contributed by atoms with E-state index >= 15 is 0 Å². The lowest BCUT2D eigenvalue weighted by molar-refractivity contribution is -0.142. The summed E-state index contributed by atoms with van der Waals surface area (Å²) in [6.45, 7) is 8.99. The molecule has 2 fully saturated rings. The van der Waals surface area contributed by atoms with E-state index in [4.69, 9.17) is 24.0 Å². The third kappa shape index (κ3) is 5.73. The first-order chi connectivity index (χ1) is 21.2. The van der Waals surface area contributed by atoms with Crippen LogP contribution in [0.3, 0.4) is 0 Å². The van der Waals surface area contributed by atoms with E-state index in [0.29, 0.717) is 50.9 Å². The Balaban J connectivity index is 0.989. The lowest BCUT2D eigenvalue weighted by Gasteiger charge is -2.30. The standard InChI is InChI=1S/C33H35N5O5S/c1-32(2,3)27-18-23(36-43-27)17-24(39)16-21-4-6-22(7-5-21)25-19-38-26-8-9-28(35-29(26)44-31(38)34-25)42-20-33(10-11-33)30(40)37-12-14-41-15-13-37/h4-9,18-19H,10-17,20H2,1-3H3. The number of benzene rings is 1. The van der Waals surface area contributed by atoms with Crippen molar-refractivity contribution in [2.24, 2.45) is 5.41 Å². The van der Waals surface area contributed by atoms with Crippen molar-refractivity contribution in [1.82, 2.24) is 24.4 Å². The number of ether oxygens (including phenoxy) is 2. The predicted molar refractivity (Wildman–Crippen MR) is 166 cm³/mol. The molecule has 44 heavy (non-hydrogen) atoms. The normalized spacial score (nSPS) is 16.5. The Labute approximate surface area is 259 Å². The number of nitrogens with zero attached hydrogens (tertiary/aromatic N) is 5. The second-order valence-electron chi connectivity index (χ2n) is 12.8. The van der Waals surface area contributed by atoms with Crippen LogP contribution >= 0.6 is 11.3 Å². The van der Waals surface area contributed by atoms with Crippen molar-refractivity contribution in [1.29, 1.82) is 0 Å². The van der Waals surface area contributed by atoms with Gasteiger partial charge in [-0.25, -0.2) is 9.97 Å². The summed E-state index contributed by atoms with van der Waals surface area (Å²) in [6, 6.07) is 13.7. The zero-order chi connectivity index (χ0) is 30.5. The van der Waals surface area contributed by atoms with Crippen LogP contribution in [0.15, 0.2) is 53.2 Å². The van der Waals surface area contributed by atoms with Crippen molar-refractivity contribution >= 4 is 38.3 Å². The quantitative estimate of drug-likeness (QED) is 0.221. The van der Waals surface area contributed by atoms with Crippen LogP contribution in [-0.2, 0) is 32.6 Å². The molecular formula is C33H35N5O5S. The Morgan fingerprint density at radius 1 is 1.02 bits per heavy atom. The van der Waals surface area contributed by atoms with Crippen LogP contribution in [-0.4, -0.2) is 69.0 Å². The molecule has 228 valence electrons. The monoisotopic (exact) mass is 613 g/mol. The van der Waals surface area contributed by atoms with Gasteiger partial charge in [0.25, 0.3) is 0 Å². The van der Waals surface area contributed by atoms with E-state index in [1.54, 1.807) is 0 Å². The highest BCUT2D eigenvalue weighted by atomic mass is 32.1. The Kier molecular flexibility index (Phi) is 7.25. The number of fused-ring (bicyclic) bond motifs is 3. The van der Waals surface area contributed by atoms with E-state index in [9.17, 15) is 9.59 Å². The molecule has 0 bridgehead atoms. The van der Waals surface area contributed by atoms with Crippen LogP contribution in [0.5, 0.6) is 5.88 Å². The third-order valence-electron chi connectivity index (χ3n) is 8.37. The lowest BCUT2D eigenvalue weighted by atomic mass is 9.93. The van der Waals surface area contributed by atoms with E-state index in [1.807, 2.05) is 58.0 Å². The van der Waals surface area contributed by atoms with Gasteiger partial charge in [0.15, 0.2) is 4.96 Å². The number of amides is 1. The van der Waals surface area contributed by atoms with Gasteiger partial charge >= 0.3 is 0 Å². The summed E-state index contributed by atoms with van der Waals surface area (Å²) < 4.78 is 18.9. The van der Waals surface area contributed by atoms with Crippen molar-refractivity contribution in [3.05, 3.63) is 65.7 Å². The Hall–Kier alpha value is -4.09. The first-order valence-corrected chi connectivity index (χ1v) is 15.8. The summed E-state index contributed by atoms with van der Waals surface area (Å²) in [6.07, 6.45) is 4.28. The van der Waals surface area contributed by atoms with Gasteiger partial charge < -0.3 is 18.9 Å². The number of hydrogen-bond donors (Lipinski definition) is 0. The van der Waals surface area contributed by atoms with E-state index in [-0.39, 0.29) is 23.5 Å². The fraction of sp³-hybridized carbons (Fsp3) is 0.424. The molecule has 5 aromatic rings. The van der Waals surface area contributed by atoms with Gasteiger partial charge in [-0.2, -0.15) is 0 Å². The molecule has 1 saturated carbocycles. The molecule has 0 N–H and O–H groups in total. The van der Waals surface area contributed by atoms with E-state index < -0.39 is 5.41 Å². The molecule has 7 rings (SSSR count). The number of pyridine rings is 1. The molecule has 1 aromatic carbocycles. The van der Waals surface area contributed by atoms with Crippen LogP contribution in [0.1, 0.15) is 50.6 Å². The second kappa shape index (κ2) is 11.1. The Morgan fingerprint density at radius 2 is 1.80 bits per heavy atom. The van der Waals surface area contributed by atoms with Crippen molar-refractivity contribution in [2.75, 3.05) is 32.9 Å². The van der Waals surface area contributed by atoms with Gasteiger partial charge in [-0.05, 0) is 24.5 Å². The molecule has 1 saturated heterocycles. The SMILES string of the molecule is CC(C)(C)c1cc(CC(=O)Cc2ccc(-c3cn4c(n3)sc3nc(OCC5(C(=O)N6CCOCC6)CC5)ccc34)cc2)no1. The zero-order valence-corrected chi connectivity index (χ0v) is 26.0. The molecule has 0 atom stereocenters. The molecular weight excluding hydrogens is 578 g/mol. The van der Waals surface area contributed by atoms with Crippen LogP contribution < -0.4 is 4.74 Å². The number of morpholine rings is 1. The van der Waals surface area contributed by atoms with E-state index in [1.165, 1.54) is 11.3 Å². The fourth-order valence-electron chi connectivity index (χ4n) is 5.51. The van der Waals surface area contributed by atoms with E-state index in [2.05, 4.69) is 25.9 Å². The molecule has 10 nitrogen and oxygen atoms in total. The predicted octanol–water partition coefficient (Wildman–Crippen LogP) is 5.27. The number of carbonyl (C=O) groups excluding carboxylic acids is 2. The molecule has 0 spiro atoms. The number of rotatable bonds is 9. The third-order valence-corrected chi connectivity index (χ3v) is 9.33. The number of carbonyl (C=O) groups is 2. The number of imidazole rings is 1. The van der Waals surface area contributed by atoms with Gasteiger partial charge in [0.05, 0.1) is 42.0 Å². The average molecular weight is 614 g/mol.